The quantitative estimate of drug-likeness (QED) is 0.430. The Morgan fingerprint density at radius 3 is 2.65 bits per heavy atom. The van der Waals surface area contributed by atoms with Gasteiger partial charge in [-0.2, -0.15) is 0 Å². The summed E-state index contributed by atoms with van der Waals surface area (Å²) in [5.41, 5.74) is 1.65. The van der Waals surface area contributed by atoms with Crippen LogP contribution in [0.1, 0.15) is 42.1 Å². The Kier molecular flexibility index (Phi) is 6.65. The molecule has 0 aliphatic rings. The summed E-state index contributed by atoms with van der Waals surface area (Å²) in [4.78, 5) is 22.7. The first-order valence-corrected chi connectivity index (χ1v) is 8.77. The first kappa shape index (κ1) is 19.8. The van der Waals surface area contributed by atoms with Crippen molar-refractivity contribution in [3.05, 3.63) is 68.7 Å². The lowest BCUT2D eigenvalue weighted by atomic mass is 9.97. The number of nitro benzene ring substituents is 1. The molecular weight excluding hydrogens is 374 g/mol. The molecular formula is C18H18ClN3O3S. The number of halogens is 1. The fourth-order valence-electron chi connectivity index (χ4n) is 2.39. The number of carbonyl (C=O) groups excluding carboxylic acids is 1. The van der Waals surface area contributed by atoms with Gasteiger partial charge in [-0.1, -0.05) is 43.6 Å². The smallest absolute Gasteiger partial charge is 0.270 e. The van der Waals surface area contributed by atoms with Crippen LogP contribution in [0.5, 0.6) is 0 Å². The third kappa shape index (κ3) is 4.77. The van der Waals surface area contributed by atoms with Crippen LogP contribution in [0.15, 0.2) is 42.5 Å². The van der Waals surface area contributed by atoms with Gasteiger partial charge in [-0.3, -0.25) is 20.2 Å². The highest BCUT2D eigenvalue weighted by Crippen LogP contribution is 2.26. The van der Waals surface area contributed by atoms with E-state index < -0.39 is 10.8 Å². The minimum atomic E-state index is -0.614. The molecule has 0 heterocycles. The first-order valence-electron chi connectivity index (χ1n) is 7.98. The van der Waals surface area contributed by atoms with E-state index in [1.165, 1.54) is 12.1 Å². The van der Waals surface area contributed by atoms with Crippen molar-refractivity contribution in [3.8, 4) is 0 Å². The van der Waals surface area contributed by atoms with Gasteiger partial charge in [-0.15, -0.1) is 0 Å². The largest absolute Gasteiger partial charge is 0.332 e. The van der Waals surface area contributed by atoms with Gasteiger partial charge in [0.05, 0.1) is 15.5 Å². The second-order valence-electron chi connectivity index (χ2n) is 5.73. The Morgan fingerprint density at radius 2 is 2.00 bits per heavy atom. The normalized spacial score (nSPS) is 11.5. The zero-order valence-electron chi connectivity index (χ0n) is 14.3. The standard InChI is InChI=1S/C18H18ClN3O3S/c1-3-11(2)13-6-4-5-7-16(13)20-18(26)21-17(23)14-10-12(22(24)25)8-9-15(14)19/h4-11H,3H2,1-2H3,(H2,20,21,23,26)/t11-/m1/s1. The van der Waals surface area contributed by atoms with E-state index in [9.17, 15) is 14.9 Å². The van der Waals surface area contributed by atoms with Crippen LogP contribution in [0.3, 0.4) is 0 Å². The number of nitrogens with zero attached hydrogens (tertiary/aromatic N) is 1. The van der Waals surface area contributed by atoms with Gasteiger partial charge in [0.25, 0.3) is 11.6 Å². The van der Waals surface area contributed by atoms with Crippen LogP contribution >= 0.6 is 23.8 Å². The number of nitro groups is 1. The maximum absolute atomic E-state index is 12.4. The molecule has 0 aromatic heterocycles. The van der Waals surface area contributed by atoms with E-state index in [2.05, 4.69) is 24.5 Å². The number of amides is 1. The van der Waals surface area contributed by atoms with E-state index in [0.29, 0.717) is 5.92 Å². The number of rotatable bonds is 5. The molecule has 0 unspecified atom stereocenters. The Labute approximate surface area is 161 Å². The Bertz CT molecular complexity index is 857. The van der Waals surface area contributed by atoms with Crippen LogP contribution in [0, 0.1) is 10.1 Å². The predicted molar refractivity (Wildman–Crippen MR) is 107 cm³/mol. The number of para-hydroxylation sites is 1. The van der Waals surface area contributed by atoms with Gasteiger partial charge in [-0.05, 0) is 42.3 Å². The lowest BCUT2D eigenvalue weighted by Crippen LogP contribution is -2.34. The minimum Gasteiger partial charge on any atom is -0.332 e. The molecule has 2 aromatic rings. The van der Waals surface area contributed by atoms with E-state index in [1.807, 2.05) is 24.3 Å². The Balaban J connectivity index is 2.15. The first-order chi connectivity index (χ1) is 12.3. The van der Waals surface area contributed by atoms with Crippen molar-refractivity contribution in [1.82, 2.24) is 5.32 Å². The van der Waals surface area contributed by atoms with Crippen molar-refractivity contribution in [2.24, 2.45) is 0 Å². The highest BCUT2D eigenvalue weighted by Gasteiger charge is 2.17. The van der Waals surface area contributed by atoms with Crippen LogP contribution in [0.25, 0.3) is 0 Å². The molecule has 0 aliphatic heterocycles. The molecule has 136 valence electrons. The fourth-order valence-corrected chi connectivity index (χ4v) is 2.79. The molecule has 2 N–H and O–H groups in total. The van der Waals surface area contributed by atoms with Crippen LogP contribution < -0.4 is 10.6 Å². The van der Waals surface area contributed by atoms with Gasteiger partial charge in [-0.25, -0.2) is 0 Å². The van der Waals surface area contributed by atoms with Crippen molar-refractivity contribution in [2.75, 3.05) is 5.32 Å². The van der Waals surface area contributed by atoms with Crippen molar-refractivity contribution in [3.63, 3.8) is 0 Å². The average molecular weight is 392 g/mol. The molecule has 2 rings (SSSR count). The van der Waals surface area contributed by atoms with Crippen LogP contribution in [-0.4, -0.2) is 15.9 Å². The van der Waals surface area contributed by atoms with Gasteiger partial charge in [0, 0.05) is 17.8 Å². The highest BCUT2D eigenvalue weighted by molar-refractivity contribution is 7.80. The molecule has 6 nitrogen and oxygen atoms in total. The van der Waals surface area contributed by atoms with E-state index in [1.54, 1.807) is 0 Å². The summed E-state index contributed by atoms with van der Waals surface area (Å²) < 4.78 is 0. The van der Waals surface area contributed by atoms with Crippen molar-refractivity contribution in [1.29, 1.82) is 0 Å². The monoisotopic (exact) mass is 391 g/mol. The summed E-state index contributed by atoms with van der Waals surface area (Å²) in [5.74, 6) is -0.291. The van der Waals surface area contributed by atoms with Crippen LogP contribution in [-0.2, 0) is 0 Å². The highest BCUT2D eigenvalue weighted by atomic mass is 35.5. The summed E-state index contributed by atoms with van der Waals surface area (Å²) in [7, 11) is 0. The van der Waals surface area contributed by atoms with E-state index in [0.717, 1.165) is 23.7 Å². The molecule has 0 radical (unpaired) electrons. The van der Waals surface area contributed by atoms with Crippen LogP contribution in [0.4, 0.5) is 11.4 Å². The Morgan fingerprint density at radius 1 is 1.31 bits per heavy atom. The van der Waals surface area contributed by atoms with E-state index in [-0.39, 0.29) is 21.4 Å². The molecule has 2 aromatic carbocycles. The van der Waals surface area contributed by atoms with Crippen LogP contribution in [0.2, 0.25) is 5.02 Å². The van der Waals surface area contributed by atoms with Crippen molar-refractivity contribution >= 4 is 46.2 Å². The van der Waals surface area contributed by atoms with Gasteiger partial charge in [0.2, 0.25) is 0 Å². The molecule has 0 saturated carbocycles. The SMILES string of the molecule is CC[C@@H](C)c1ccccc1NC(=S)NC(=O)c1cc([N+](=O)[O-])ccc1Cl. The minimum absolute atomic E-state index is 0.0137. The molecule has 1 atom stereocenters. The number of hydrogen-bond acceptors (Lipinski definition) is 4. The molecule has 8 heteroatoms. The summed E-state index contributed by atoms with van der Waals surface area (Å²) in [5, 5.41) is 16.6. The molecule has 0 fully saturated rings. The topological polar surface area (TPSA) is 84.3 Å². The van der Waals surface area contributed by atoms with E-state index >= 15 is 0 Å². The molecule has 0 bridgehead atoms. The maximum atomic E-state index is 12.4. The maximum Gasteiger partial charge on any atom is 0.270 e. The molecule has 0 spiro atoms. The van der Waals surface area contributed by atoms with Gasteiger partial charge in [0.15, 0.2) is 5.11 Å². The van der Waals surface area contributed by atoms with E-state index in [4.69, 9.17) is 23.8 Å². The number of nitrogens with one attached hydrogen (secondary N) is 2. The number of non-ortho nitro benzene ring substituents is 1. The van der Waals surface area contributed by atoms with Crippen molar-refractivity contribution in [2.45, 2.75) is 26.2 Å². The number of thiocarbonyl (C=S) groups is 1. The zero-order chi connectivity index (χ0) is 19.3. The lowest BCUT2D eigenvalue weighted by molar-refractivity contribution is -0.384. The number of carbonyl (C=O) groups is 1. The third-order valence-electron chi connectivity index (χ3n) is 3.98. The van der Waals surface area contributed by atoms with Gasteiger partial charge < -0.3 is 5.32 Å². The summed E-state index contributed by atoms with van der Waals surface area (Å²) in [6.07, 6.45) is 0.959. The summed E-state index contributed by atoms with van der Waals surface area (Å²) in [6.45, 7) is 4.19. The van der Waals surface area contributed by atoms with Gasteiger partial charge >= 0.3 is 0 Å². The Hall–Kier alpha value is -2.51. The number of benzene rings is 2. The second kappa shape index (κ2) is 8.73. The number of hydrogen-bond donors (Lipinski definition) is 2. The van der Waals surface area contributed by atoms with Gasteiger partial charge in [0.1, 0.15) is 0 Å². The summed E-state index contributed by atoms with van der Waals surface area (Å²) in [6, 6.07) is 11.3. The lowest BCUT2D eigenvalue weighted by Gasteiger charge is -2.17. The average Bonchev–Trinajstić information content (AvgIpc) is 2.61. The molecule has 26 heavy (non-hydrogen) atoms. The molecule has 0 saturated heterocycles. The summed E-state index contributed by atoms with van der Waals surface area (Å²) >= 11 is 11.2. The fraction of sp³-hybridized carbons (Fsp3) is 0.222. The zero-order valence-corrected chi connectivity index (χ0v) is 15.9. The third-order valence-corrected chi connectivity index (χ3v) is 4.52. The van der Waals surface area contributed by atoms with Crippen molar-refractivity contribution < 1.29 is 9.72 Å². The second-order valence-corrected chi connectivity index (χ2v) is 6.54. The molecule has 1 amide bonds. The molecule has 0 aliphatic carbocycles. The predicted octanol–water partition coefficient (Wildman–Crippen LogP) is 4.89. The number of anilines is 1.